The van der Waals surface area contributed by atoms with Gasteiger partial charge in [0.15, 0.2) is 0 Å². The Hall–Kier alpha value is -0.340. The second-order valence-corrected chi connectivity index (χ2v) is 4.79. The van der Waals surface area contributed by atoms with Gasteiger partial charge in [0.2, 0.25) is 0 Å². The zero-order chi connectivity index (χ0) is 9.68. The van der Waals surface area contributed by atoms with Gasteiger partial charge in [0, 0.05) is 10.9 Å². The molecule has 1 aromatic heterocycles. The van der Waals surface area contributed by atoms with Gasteiger partial charge in [-0.15, -0.1) is 11.3 Å². The third kappa shape index (κ3) is 3.92. The Labute approximate surface area is 85.2 Å². The van der Waals surface area contributed by atoms with Crippen LogP contribution < -0.4 is 5.32 Å². The summed E-state index contributed by atoms with van der Waals surface area (Å²) in [5.41, 5.74) is 0. The molecule has 1 nitrogen and oxygen atoms in total. The van der Waals surface area contributed by atoms with Gasteiger partial charge in [0.1, 0.15) is 0 Å². The van der Waals surface area contributed by atoms with E-state index in [0.29, 0.717) is 12.0 Å². The van der Waals surface area contributed by atoms with Crippen molar-refractivity contribution in [1.82, 2.24) is 5.32 Å². The van der Waals surface area contributed by atoms with Gasteiger partial charge in [-0.3, -0.25) is 0 Å². The molecular formula is C11H19NS. The molecule has 0 aliphatic carbocycles. The first-order chi connectivity index (χ1) is 6.20. The van der Waals surface area contributed by atoms with Gasteiger partial charge in [-0.05, 0) is 30.3 Å². The zero-order valence-electron chi connectivity index (χ0n) is 8.71. The van der Waals surface area contributed by atoms with Crippen LogP contribution in [0.15, 0.2) is 17.5 Å². The van der Waals surface area contributed by atoms with Crippen LogP contribution in [0.2, 0.25) is 0 Å². The minimum atomic E-state index is 0.607. The number of hydrogen-bond acceptors (Lipinski definition) is 2. The summed E-state index contributed by atoms with van der Waals surface area (Å²) in [5.74, 6) is 0.700. The molecule has 0 radical (unpaired) electrons. The molecule has 0 saturated carbocycles. The maximum absolute atomic E-state index is 3.44. The topological polar surface area (TPSA) is 12.0 Å². The predicted octanol–water partition coefficient (Wildman–Crippen LogP) is 3.24. The Bertz CT molecular complexity index is 216. The summed E-state index contributed by atoms with van der Waals surface area (Å²) in [7, 11) is 0. The van der Waals surface area contributed by atoms with Gasteiger partial charge in [-0.2, -0.15) is 0 Å². The van der Waals surface area contributed by atoms with E-state index in [0.717, 1.165) is 6.54 Å². The molecule has 74 valence electrons. The van der Waals surface area contributed by atoms with Crippen molar-refractivity contribution in [2.75, 3.05) is 6.54 Å². The highest BCUT2D eigenvalue weighted by atomic mass is 32.1. The molecule has 0 bridgehead atoms. The van der Waals surface area contributed by atoms with E-state index in [1.165, 1.54) is 11.3 Å². The van der Waals surface area contributed by atoms with E-state index in [9.17, 15) is 0 Å². The lowest BCUT2D eigenvalue weighted by atomic mass is 10.1. The van der Waals surface area contributed by atoms with Crippen molar-refractivity contribution >= 4 is 11.3 Å². The molecule has 0 spiro atoms. The van der Waals surface area contributed by atoms with Gasteiger partial charge in [0.25, 0.3) is 0 Å². The van der Waals surface area contributed by atoms with E-state index >= 15 is 0 Å². The quantitative estimate of drug-likeness (QED) is 0.764. The summed E-state index contributed by atoms with van der Waals surface area (Å²) < 4.78 is 0. The number of rotatable bonds is 5. The fraction of sp³-hybridized carbons (Fsp3) is 0.636. The molecule has 1 unspecified atom stereocenters. The Morgan fingerprint density at radius 1 is 1.38 bits per heavy atom. The first-order valence-corrected chi connectivity index (χ1v) is 5.85. The van der Waals surface area contributed by atoms with Crippen molar-refractivity contribution in [2.24, 2.45) is 0 Å². The van der Waals surface area contributed by atoms with Gasteiger partial charge in [0.05, 0.1) is 0 Å². The van der Waals surface area contributed by atoms with Crippen molar-refractivity contribution in [3.63, 3.8) is 0 Å². The van der Waals surface area contributed by atoms with Crippen LogP contribution in [0.4, 0.5) is 0 Å². The van der Waals surface area contributed by atoms with E-state index in [1.54, 1.807) is 0 Å². The molecule has 1 rings (SSSR count). The van der Waals surface area contributed by atoms with E-state index < -0.39 is 0 Å². The summed E-state index contributed by atoms with van der Waals surface area (Å²) in [4.78, 5) is 1.51. The lowest BCUT2D eigenvalue weighted by molar-refractivity contribution is 0.544. The molecule has 2 heteroatoms. The second kappa shape index (κ2) is 5.40. The van der Waals surface area contributed by atoms with Crippen molar-refractivity contribution in [1.29, 1.82) is 0 Å². The maximum Gasteiger partial charge on any atom is 0.00739 e. The molecule has 1 N–H and O–H groups in total. The standard InChI is InChI=1S/C11H19NS/c1-9(2)12-7-6-10(3)11-5-4-8-13-11/h4-5,8-10,12H,6-7H2,1-3H3. The maximum atomic E-state index is 3.44. The van der Waals surface area contributed by atoms with Crippen molar-refractivity contribution in [3.8, 4) is 0 Å². The number of nitrogens with one attached hydrogen (secondary N) is 1. The monoisotopic (exact) mass is 197 g/mol. The fourth-order valence-electron chi connectivity index (χ4n) is 1.30. The molecule has 0 saturated heterocycles. The van der Waals surface area contributed by atoms with E-state index in [-0.39, 0.29) is 0 Å². The van der Waals surface area contributed by atoms with E-state index in [2.05, 4.69) is 43.6 Å². The Kier molecular flexibility index (Phi) is 4.46. The van der Waals surface area contributed by atoms with E-state index in [4.69, 9.17) is 0 Å². The largest absolute Gasteiger partial charge is 0.315 e. The molecule has 0 fully saturated rings. The normalized spacial score (nSPS) is 13.5. The van der Waals surface area contributed by atoms with Crippen molar-refractivity contribution in [2.45, 2.75) is 39.2 Å². The Morgan fingerprint density at radius 3 is 2.69 bits per heavy atom. The summed E-state index contributed by atoms with van der Waals surface area (Å²) in [6.45, 7) is 7.80. The number of hydrogen-bond donors (Lipinski definition) is 1. The van der Waals surface area contributed by atoms with Crippen LogP contribution in [0.5, 0.6) is 0 Å². The first kappa shape index (κ1) is 10.7. The molecule has 0 aliphatic heterocycles. The minimum Gasteiger partial charge on any atom is -0.315 e. The SMILES string of the molecule is CC(C)NCCC(C)c1cccs1. The Morgan fingerprint density at radius 2 is 2.15 bits per heavy atom. The van der Waals surface area contributed by atoms with E-state index in [1.807, 2.05) is 11.3 Å². The minimum absolute atomic E-state index is 0.607. The fourth-order valence-corrected chi connectivity index (χ4v) is 2.12. The average molecular weight is 197 g/mol. The first-order valence-electron chi connectivity index (χ1n) is 4.97. The molecule has 1 atom stereocenters. The van der Waals surface area contributed by atoms with Gasteiger partial charge < -0.3 is 5.32 Å². The predicted molar refractivity (Wildman–Crippen MR) is 60.5 cm³/mol. The second-order valence-electron chi connectivity index (χ2n) is 3.81. The molecule has 1 heterocycles. The molecule has 13 heavy (non-hydrogen) atoms. The van der Waals surface area contributed by atoms with Gasteiger partial charge >= 0.3 is 0 Å². The number of thiophene rings is 1. The summed E-state index contributed by atoms with van der Waals surface area (Å²) in [6, 6.07) is 4.97. The van der Waals surface area contributed by atoms with Gasteiger partial charge in [-0.25, -0.2) is 0 Å². The third-order valence-corrected chi connectivity index (χ3v) is 3.26. The summed E-state index contributed by atoms with van der Waals surface area (Å²) >= 11 is 1.86. The molecule has 1 aromatic rings. The highest BCUT2D eigenvalue weighted by Gasteiger charge is 2.05. The summed E-state index contributed by atoms with van der Waals surface area (Å²) in [5, 5.41) is 5.60. The van der Waals surface area contributed by atoms with Crippen LogP contribution in [0.1, 0.15) is 38.0 Å². The molecular weight excluding hydrogens is 178 g/mol. The average Bonchev–Trinajstić information content (AvgIpc) is 2.55. The smallest absolute Gasteiger partial charge is 0.00739 e. The summed E-state index contributed by atoms with van der Waals surface area (Å²) in [6.07, 6.45) is 1.23. The molecule has 0 aromatic carbocycles. The van der Waals surface area contributed by atoms with Gasteiger partial charge in [-0.1, -0.05) is 26.8 Å². The highest BCUT2D eigenvalue weighted by molar-refractivity contribution is 7.10. The van der Waals surface area contributed by atoms with Crippen LogP contribution in [-0.4, -0.2) is 12.6 Å². The van der Waals surface area contributed by atoms with Crippen LogP contribution in [0.25, 0.3) is 0 Å². The van der Waals surface area contributed by atoms with Crippen LogP contribution in [-0.2, 0) is 0 Å². The zero-order valence-corrected chi connectivity index (χ0v) is 9.53. The Balaban J connectivity index is 2.22. The highest BCUT2D eigenvalue weighted by Crippen LogP contribution is 2.22. The lowest BCUT2D eigenvalue weighted by Gasteiger charge is -2.11. The molecule has 0 amide bonds. The van der Waals surface area contributed by atoms with Crippen LogP contribution in [0.3, 0.4) is 0 Å². The van der Waals surface area contributed by atoms with Crippen LogP contribution >= 0.6 is 11.3 Å². The van der Waals surface area contributed by atoms with Crippen LogP contribution in [0, 0.1) is 0 Å². The third-order valence-electron chi connectivity index (χ3n) is 2.16. The van der Waals surface area contributed by atoms with Crippen molar-refractivity contribution < 1.29 is 0 Å². The molecule has 0 aliphatic rings. The lowest BCUT2D eigenvalue weighted by Crippen LogP contribution is -2.24. The van der Waals surface area contributed by atoms with Crippen molar-refractivity contribution in [3.05, 3.63) is 22.4 Å².